The first-order chi connectivity index (χ1) is 19.0. The number of amides is 1. The summed E-state index contributed by atoms with van der Waals surface area (Å²) in [5.74, 6) is 2.64. The van der Waals surface area contributed by atoms with Crippen molar-refractivity contribution in [3.8, 4) is 22.6 Å². The van der Waals surface area contributed by atoms with Crippen LogP contribution in [0.1, 0.15) is 40.3 Å². The highest BCUT2D eigenvalue weighted by atomic mass is 16.5. The summed E-state index contributed by atoms with van der Waals surface area (Å²) in [6, 6.07) is 9.03. The van der Waals surface area contributed by atoms with Crippen LogP contribution in [-0.4, -0.2) is 48.7 Å². The summed E-state index contributed by atoms with van der Waals surface area (Å²) >= 11 is 0. The Morgan fingerprint density at radius 3 is 2.59 bits per heavy atom. The number of furan rings is 1. The number of methoxy groups -OCH3 is 2. The molecule has 0 spiro atoms. The molecule has 6 rings (SSSR count). The van der Waals surface area contributed by atoms with E-state index in [-0.39, 0.29) is 24.5 Å². The van der Waals surface area contributed by atoms with E-state index in [1.807, 2.05) is 42.2 Å². The maximum atomic E-state index is 13.0. The third-order valence-electron chi connectivity index (χ3n) is 7.26. The number of ether oxygens (including phenoxy) is 3. The van der Waals surface area contributed by atoms with E-state index in [9.17, 15) is 9.59 Å². The Kier molecular flexibility index (Phi) is 6.30. The molecule has 1 N–H and O–H groups in total. The normalized spacial score (nSPS) is 16.3. The molecule has 10 heteroatoms. The summed E-state index contributed by atoms with van der Waals surface area (Å²) in [5, 5.41) is 4.64. The zero-order valence-electron chi connectivity index (χ0n) is 21.9. The number of aryl methyl sites for hydroxylation is 1. The van der Waals surface area contributed by atoms with E-state index in [1.54, 1.807) is 26.6 Å². The maximum Gasteiger partial charge on any atom is 0.339 e. The van der Waals surface area contributed by atoms with Crippen LogP contribution in [-0.2, 0) is 22.7 Å². The maximum absolute atomic E-state index is 13.0. The average Bonchev–Trinajstić information content (AvgIpc) is 3.70. The Morgan fingerprint density at radius 2 is 1.87 bits per heavy atom. The fourth-order valence-electron chi connectivity index (χ4n) is 5.40. The van der Waals surface area contributed by atoms with Crippen LogP contribution < -0.4 is 19.7 Å². The number of nitrogens with zero attached hydrogens (tertiary/aromatic N) is 3. The number of fused-ring (bicyclic) bond motifs is 2. The minimum absolute atomic E-state index is 0.0927. The predicted molar refractivity (Wildman–Crippen MR) is 143 cm³/mol. The van der Waals surface area contributed by atoms with Crippen molar-refractivity contribution < 1.29 is 28.2 Å². The van der Waals surface area contributed by atoms with Gasteiger partial charge >= 0.3 is 5.97 Å². The molecular weight excluding hydrogens is 500 g/mol. The van der Waals surface area contributed by atoms with E-state index in [0.29, 0.717) is 59.4 Å². The van der Waals surface area contributed by atoms with E-state index in [1.165, 1.54) is 0 Å². The van der Waals surface area contributed by atoms with Crippen molar-refractivity contribution in [2.45, 2.75) is 39.0 Å². The number of anilines is 1. The molecule has 1 amide bonds. The highest BCUT2D eigenvalue weighted by molar-refractivity contribution is 6.11. The van der Waals surface area contributed by atoms with Crippen molar-refractivity contribution in [2.75, 3.05) is 25.7 Å². The molecule has 0 aliphatic carbocycles. The number of carbonyl (C=O) groups is 2. The number of cyclic esters (lactones) is 1. The smallest absolute Gasteiger partial charge is 0.339 e. The molecule has 0 unspecified atom stereocenters. The highest BCUT2D eigenvalue weighted by Crippen LogP contribution is 2.42. The molecular formula is C29H28N4O6. The molecule has 0 saturated carbocycles. The van der Waals surface area contributed by atoms with Crippen LogP contribution in [0.3, 0.4) is 0 Å². The lowest BCUT2D eigenvalue weighted by molar-refractivity contribution is -0.122. The van der Waals surface area contributed by atoms with Gasteiger partial charge in [0.1, 0.15) is 24.2 Å². The summed E-state index contributed by atoms with van der Waals surface area (Å²) in [5.41, 5.74) is 2.64. The second kappa shape index (κ2) is 9.94. The monoisotopic (exact) mass is 528 g/mol. The van der Waals surface area contributed by atoms with Gasteiger partial charge in [-0.15, -0.1) is 0 Å². The van der Waals surface area contributed by atoms with Crippen molar-refractivity contribution in [3.05, 3.63) is 65.4 Å². The topological polar surface area (TPSA) is 116 Å². The zero-order valence-corrected chi connectivity index (χ0v) is 21.9. The summed E-state index contributed by atoms with van der Waals surface area (Å²) < 4.78 is 21.9. The number of rotatable bonds is 7. The molecule has 1 atom stereocenters. The van der Waals surface area contributed by atoms with Crippen LogP contribution in [0.2, 0.25) is 0 Å². The molecule has 1 fully saturated rings. The minimum atomic E-state index is -0.385. The Hall–Kier alpha value is -4.60. The lowest BCUT2D eigenvalue weighted by atomic mass is 9.91. The second-order valence-corrected chi connectivity index (χ2v) is 9.64. The van der Waals surface area contributed by atoms with Gasteiger partial charge in [-0.1, -0.05) is 0 Å². The van der Waals surface area contributed by atoms with Crippen molar-refractivity contribution in [2.24, 2.45) is 0 Å². The van der Waals surface area contributed by atoms with Gasteiger partial charge < -0.3 is 28.8 Å². The molecule has 0 radical (unpaired) electrons. The first-order valence-electron chi connectivity index (χ1n) is 12.8. The molecule has 2 aromatic heterocycles. The largest absolute Gasteiger partial charge is 0.493 e. The number of hydrogen-bond donors (Lipinski definition) is 1. The van der Waals surface area contributed by atoms with Crippen molar-refractivity contribution in [3.63, 3.8) is 0 Å². The summed E-state index contributed by atoms with van der Waals surface area (Å²) in [7, 11) is 3.15. The standard InChI is InChI=1S/C29H28N4O6/c1-16-6-7-20(39-16)14-30-27(34)22-5-4-8-33(22)29-31-12-19(13-32-29)25-21-11-24(37-3)23(36-2)10-17(21)9-18-15-38-28(35)26(18)25/h6-7,9-13,22H,4-5,8,14-15H2,1-3H3,(H,30,34)/t22-/m0/s1. The summed E-state index contributed by atoms with van der Waals surface area (Å²) in [6.07, 6.45) is 4.95. The number of benzene rings is 2. The van der Waals surface area contributed by atoms with E-state index in [0.717, 1.165) is 28.5 Å². The van der Waals surface area contributed by atoms with Crippen LogP contribution in [0, 0.1) is 6.92 Å². The van der Waals surface area contributed by atoms with Crippen LogP contribution >= 0.6 is 0 Å². The quantitative estimate of drug-likeness (QED) is 0.353. The fourth-order valence-corrected chi connectivity index (χ4v) is 5.40. The van der Waals surface area contributed by atoms with Gasteiger partial charge in [0, 0.05) is 35.6 Å². The third kappa shape index (κ3) is 4.41. The van der Waals surface area contributed by atoms with Gasteiger partial charge in [-0.25, -0.2) is 14.8 Å². The molecule has 2 aliphatic rings. The van der Waals surface area contributed by atoms with E-state index in [2.05, 4.69) is 15.3 Å². The number of nitrogens with one attached hydrogen (secondary N) is 1. The first-order valence-corrected chi connectivity index (χ1v) is 12.8. The SMILES string of the molecule is COc1cc2cc3c(c(-c4cnc(N5CCC[C@H]5C(=O)NCc5ccc(C)o5)nc4)c2cc1OC)C(=O)OC3. The fraction of sp³-hybridized carbons (Fsp3) is 0.310. The molecule has 39 heavy (non-hydrogen) atoms. The van der Waals surface area contributed by atoms with Gasteiger partial charge in [0.25, 0.3) is 0 Å². The zero-order chi connectivity index (χ0) is 27.1. The van der Waals surface area contributed by atoms with Crippen LogP contribution in [0.15, 0.2) is 47.1 Å². The average molecular weight is 529 g/mol. The lowest BCUT2D eigenvalue weighted by Crippen LogP contribution is -2.43. The van der Waals surface area contributed by atoms with E-state index < -0.39 is 0 Å². The van der Waals surface area contributed by atoms with Gasteiger partial charge in [0.2, 0.25) is 11.9 Å². The Morgan fingerprint density at radius 1 is 1.10 bits per heavy atom. The van der Waals surface area contributed by atoms with Crippen LogP contribution in [0.5, 0.6) is 11.5 Å². The van der Waals surface area contributed by atoms with Crippen molar-refractivity contribution >= 4 is 28.6 Å². The Labute approximate surface area is 224 Å². The van der Waals surface area contributed by atoms with Crippen LogP contribution in [0.4, 0.5) is 5.95 Å². The molecule has 4 heterocycles. The number of carbonyl (C=O) groups excluding carboxylic acids is 2. The van der Waals surface area contributed by atoms with Crippen molar-refractivity contribution in [1.29, 1.82) is 0 Å². The van der Waals surface area contributed by atoms with Gasteiger partial charge in [-0.3, -0.25) is 4.79 Å². The van der Waals surface area contributed by atoms with Crippen LogP contribution in [0.25, 0.3) is 21.9 Å². The van der Waals surface area contributed by atoms with Crippen molar-refractivity contribution in [1.82, 2.24) is 15.3 Å². The summed E-state index contributed by atoms with van der Waals surface area (Å²) in [4.78, 5) is 36.9. The lowest BCUT2D eigenvalue weighted by Gasteiger charge is -2.24. The molecule has 1 saturated heterocycles. The van der Waals surface area contributed by atoms with Gasteiger partial charge in [-0.2, -0.15) is 0 Å². The second-order valence-electron chi connectivity index (χ2n) is 9.64. The summed E-state index contributed by atoms with van der Waals surface area (Å²) in [6.45, 7) is 3.07. The molecule has 10 nitrogen and oxygen atoms in total. The molecule has 4 aromatic rings. The third-order valence-corrected chi connectivity index (χ3v) is 7.26. The Balaban J connectivity index is 1.32. The van der Waals surface area contributed by atoms with Gasteiger partial charge in [0.15, 0.2) is 11.5 Å². The highest BCUT2D eigenvalue weighted by Gasteiger charge is 2.33. The Bertz CT molecular complexity index is 1580. The molecule has 2 aliphatic heterocycles. The molecule has 2 aromatic carbocycles. The van der Waals surface area contributed by atoms with E-state index in [4.69, 9.17) is 18.6 Å². The predicted octanol–water partition coefficient (Wildman–Crippen LogP) is 4.17. The molecule has 0 bridgehead atoms. The minimum Gasteiger partial charge on any atom is -0.493 e. The number of aromatic nitrogens is 2. The van der Waals surface area contributed by atoms with Gasteiger partial charge in [0.05, 0.1) is 26.3 Å². The number of esters is 1. The first kappa shape index (κ1) is 24.7. The number of hydrogen-bond acceptors (Lipinski definition) is 9. The van der Waals surface area contributed by atoms with E-state index >= 15 is 0 Å². The van der Waals surface area contributed by atoms with Gasteiger partial charge in [-0.05, 0) is 60.9 Å². The molecule has 200 valence electrons.